The molecule has 3 amide bonds. The van der Waals surface area contributed by atoms with Gasteiger partial charge in [0.05, 0.1) is 0 Å². The number of nitrogens with zero attached hydrogens (tertiary/aromatic N) is 1. The molecule has 0 spiro atoms. The molecular weight excluding hydrogens is 258 g/mol. The Labute approximate surface area is 119 Å². The van der Waals surface area contributed by atoms with Crippen LogP contribution in [0.15, 0.2) is 0 Å². The van der Waals surface area contributed by atoms with E-state index in [1.54, 1.807) is 0 Å². The van der Waals surface area contributed by atoms with Crippen LogP contribution in [0.1, 0.15) is 39.5 Å². The van der Waals surface area contributed by atoms with Gasteiger partial charge in [0.15, 0.2) is 0 Å². The van der Waals surface area contributed by atoms with Crippen molar-refractivity contribution in [2.24, 2.45) is 17.6 Å². The molecule has 1 aliphatic carbocycles. The van der Waals surface area contributed by atoms with Crippen molar-refractivity contribution in [3.63, 3.8) is 0 Å². The van der Waals surface area contributed by atoms with Crippen molar-refractivity contribution in [2.75, 3.05) is 6.54 Å². The maximum Gasteiger partial charge on any atom is 0.249 e. The van der Waals surface area contributed by atoms with Gasteiger partial charge in [-0.25, -0.2) is 0 Å². The van der Waals surface area contributed by atoms with Crippen molar-refractivity contribution in [1.29, 1.82) is 0 Å². The third kappa shape index (κ3) is 3.00. The minimum Gasteiger partial charge on any atom is -0.328 e. The van der Waals surface area contributed by atoms with Gasteiger partial charge in [0.1, 0.15) is 12.6 Å². The summed E-state index contributed by atoms with van der Waals surface area (Å²) in [6.07, 6.45) is 2.88. The van der Waals surface area contributed by atoms with Crippen LogP contribution in [0.25, 0.3) is 0 Å². The van der Waals surface area contributed by atoms with Crippen LogP contribution in [-0.2, 0) is 14.4 Å². The molecule has 2 fully saturated rings. The van der Waals surface area contributed by atoms with Gasteiger partial charge in [0.2, 0.25) is 17.7 Å². The summed E-state index contributed by atoms with van der Waals surface area (Å²) in [5, 5.41) is 2.29. The molecule has 0 radical (unpaired) electrons. The zero-order valence-corrected chi connectivity index (χ0v) is 12.1. The van der Waals surface area contributed by atoms with Crippen LogP contribution in [0.2, 0.25) is 0 Å². The second kappa shape index (κ2) is 5.91. The number of nitrogens with one attached hydrogen (secondary N) is 1. The van der Waals surface area contributed by atoms with Gasteiger partial charge in [-0.3, -0.25) is 19.7 Å². The molecule has 3 N–H and O–H groups in total. The number of hydrogen-bond donors (Lipinski definition) is 2. The molecule has 4 unspecified atom stereocenters. The molecule has 4 atom stereocenters. The van der Waals surface area contributed by atoms with E-state index < -0.39 is 11.9 Å². The van der Waals surface area contributed by atoms with Gasteiger partial charge in [0.25, 0.3) is 0 Å². The van der Waals surface area contributed by atoms with Crippen molar-refractivity contribution >= 4 is 17.7 Å². The number of imide groups is 1. The van der Waals surface area contributed by atoms with Crippen molar-refractivity contribution in [2.45, 2.75) is 51.6 Å². The average Bonchev–Trinajstić information content (AvgIpc) is 2.35. The van der Waals surface area contributed by atoms with Crippen LogP contribution in [0.4, 0.5) is 0 Å². The highest BCUT2D eigenvalue weighted by Crippen LogP contribution is 2.30. The minimum atomic E-state index is -0.534. The highest BCUT2D eigenvalue weighted by Gasteiger charge is 2.40. The molecule has 1 saturated carbocycles. The van der Waals surface area contributed by atoms with E-state index in [9.17, 15) is 14.4 Å². The predicted molar refractivity (Wildman–Crippen MR) is 73.4 cm³/mol. The number of rotatable bonds is 2. The monoisotopic (exact) mass is 281 g/mol. The SMILES string of the molecule is CCC1C(=O)NC(=O)CN1C(=O)C1CC(C)CC(N)C1. The molecule has 1 heterocycles. The third-order valence-electron chi connectivity index (χ3n) is 4.25. The van der Waals surface area contributed by atoms with Crippen LogP contribution in [0.5, 0.6) is 0 Å². The first-order valence-electron chi connectivity index (χ1n) is 7.32. The van der Waals surface area contributed by atoms with E-state index >= 15 is 0 Å². The molecule has 1 aliphatic heterocycles. The molecule has 0 aromatic carbocycles. The number of carbonyl (C=O) groups is 3. The normalized spacial score (nSPS) is 34.9. The van der Waals surface area contributed by atoms with Crippen molar-refractivity contribution in [1.82, 2.24) is 10.2 Å². The fraction of sp³-hybridized carbons (Fsp3) is 0.786. The second-order valence-corrected chi connectivity index (χ2v) is 6.07. The summed E-state index contributed by atoms with van der Waals surface area (Å²) in [4.78, 5) is 37.4. The number of carbonyl (C=O) groups excluding carboxylic acids is 3. The molecule has 6 heteroatoms. The summed E-state index contributed by atoms with van der Waals surface area (Å²) in [6.45, 7) is 3.91. The Morgan fingerprint density at radius 2 is 2.05 bits per heavy atom. The first-order valence-corrected chi connectivity index (χ1v) is 7.32. The summed E-state index contributed by atoms with van der Waals surface area (Å²) in [5.74, 6) is -0.628. The molecule has 2 aliphatic rings. The average molecular weight is 281 g/mol. The minimum absolute atomic E-state index is 0.0246. The predicted octanol–water partition coefficient (Wildman–Crippen LogP) is 0.0135. The van der Waals surface area contributed by atoms with Crippen LogP contribution in [0.3, 0.4) is 0 Å². The molecule has 0 bridgehead atoms. The fourth-order valence-corrected chi connectivity index (χ4v) is 3.40. The summed E-state index contributed by atoms with van der Waals surface area (Å²) in [6, 6.07) is -0.504. The standard InChI is InChI=1S/C14H23N3O3/c1-3-11-13(19)16-12(18)7-17(11)14(20)9-4-8(2)5-10(15)6-9/h8-11H,3-7,15H2,1-2H3,(H,16,18,19). The Morgan fingerprint density at radius 3 is 2.65 bits per heavy atom. The summed E-state index contributed by atoms with van der Waals surface area (Å²) >= 11 is 0. The molecule has 112 valence electrons. The number of amides is 3. The lowest BCUT2D eigenvalue weighted by atomic mass is 9.79. The lowest BCUT2D eigenvalue weighted by Crippen LogP contribution is -2.61. The van der Waals surface area contributed by atoms with E-state index in [2.05, 4.69) is 12.2 Å². The zero-order chi connectivity index (χ0) is 14.9. The molecule has 20 heavy (non-hydrogen) atoms. The molecule has 0 aromatic rings. The topological polar surface area (TPSA) is 92.5 Å². The van der Waals surface area contributed by atoms with Gasteiger partial charge in [-0.2, -0.15) is 0 Å². The van der Waals surface area contributed by atoms with E-state index in [1.165, 1.54) is 4.90 Å². The molecule has 0 aromatic heterocycles. The van der Waals surface area contributed by atoms with Gasteiger partial charge in [-0.15, -0.1) is 0 Å². The number of nitrogens with two attached hydrogens (primary N) is 1. The third-order valence-corrected chi connectivity index (χ3v) is 4.25. The first-order chi connectivity index (χ1) is 9.42. The maximum atomic E-state index is 12.6. The van der Waals surface area contributed by atoms with Crippen molar-refractivity contribution in [3.05, 3.63) is 0 Å². The largest absolute Gasteiger partial charge is 0.328 e. The number of hydrogen-bond acceptors (Lipinski definition) is 4. The Hall–Kier alpha value is -1.43. The molecule has 2 rings (SSSR count). The quantitative estimate of drug-likeness (QED) is 0.698. The van der Waals surface area contributed by atoms with Crippen LogP contribution < -0.4 is 11.1 Å². The van der Waals surface area contributed by atoms with Gasteiger partial charge in [-0.1, -0.05) is 13.8 Å². The molecule has 6 nitrogen and oxygen atoms in total. The Balaban J connectivity index is 2.13. The van der Waals surface area contributed by atoms with Gasteiger partial charge >= 0.3 is 0 Å². The van der Waals surface area contributed by atoms with Crippen molar-refractivity contribution in [3.8, 4) is 0 Å². The lowest BCUT2D eigenvalue weighted by Gasteiger charge is -2.38. The molecular formula is C14H23N3O3. The van der Waals surface area contributed by atoms with Crippen molar-refractivity contribution < 1.29 is 14.4 Å². The first kappa shape index (κ1) is 15.0. The summed E-state index contributed by atoms with van der Waals surface area (Å²) in [5.41, 5.74) is 5.99. The smallest absolute Gasteiger partial charge is 0.249 e. The summed E-state index contributed by atoms with van der Waals surface area (Å²) < 4.78 is 0. The fourth-order valence-electron chi connectivity index (χ4n) is 3.40. The Morgan fingerprint density at radius 1 is 1.35 bits per heavy atom. The van der Waals surface area contributed by atoms with E-state index in [4.69, 9.17) is 5.73 Å². The van der Waals surface area contributed by atoms with E-state index in [-0.39, 0.29) is 30.3 Å². The van der Waals surface area contributed by atoms with Gasteiger partial charge in [-0.05, 0) is 31.6 Å². The van der Waals surface area contributed by atoms with Crippen LogP contribution >= 0.6 is 0 Å². The Kier molecular flexibility index (Phi) is 4.42. The number of piperazine rings is 1. The lowest BCUT2D eigenvalue weighted by molar-refractivity contribution is -0.153. The highest BCUT2D eigenvalue weighted by molar-refractivity contribution is 6.04. The van der Waals surface area contributed by atoms with Gasteiger partial charge in [0, 0.05) is 12.0 Å². The highest BCUT2D eigenvalue weighted by atomic mass is 16.2. The molecule has 1 saturated heterocycles. The van der Waals surface area contributed by atoms with E-state index in [0.29, 0.717) is 18.8 Å². The van der Waals surface area contributed by atoms with E-state index in [0.717, 1.165) is 12.8 Å². The summed E-state index contributed by atoms with van der Waals surface area (Å²) in [7, 11) is 0. The van der Waals surface area contributed by atoms with Crippen LogP contribution in [-0.4, -0.2) is 41.2 Å². The zero-order valence-electron chi connectivity index (χ0n) is 12.1. The second-order valence-electron chi connectivity index (χ2n) is 6.07. The van der Waals surface area contributed by atoms with Crippen LogP contribution in [0, 0.1) is 11.8 Å². The maximum absolute atomic E-state index is 12.6. The van der Waals surface area contributed by atoms with Gasteiger partial charge < -0.3 is 10.6 Å². The van der Waals surface area contributed by atoms with E-state index in [1.807, 2.05) is 6.92 Å². The Bertz CT molecular complexity index is 414.